The van der Waals surface area contributed by atoms with Crippen LogP contribution in [0.15, 0.2) is 42.6 Å². The summed E-state index contributed by atoms with van der Waals surface area (Å²) in [4.78, 5) is 19.2. The Labute approximate surface area is 142 Å². The summed E-state index contributed by atoms with van der Waals surface area (Å²) in [6.45, 7) is 2.11. The quantitative estimate of drug-likeness (QED) is 0.588. The molecule has 0 unspecified atom stereocenters. The Hall–Kier alpha value is -2.67. The highest BCUT2D eigenvalue weighted by molar-refractivity contribution is 7.22. The number of rotatable bonds is 3. The molecule has 24 heavy (non-hydrogen) atoms. The van der Waals surface area contributed by atoms with Gasteiger partial charge in [-0.1, -0.05) is 11.3 Å². The van der Waals surface area contributed by atoms with Gasteiger partial charge in [-0.15, -0.1) is 0 Å². The molecule has 1 amide bonds. The number of hydrogen-bond acceptors (Lipinski definition) is 5. The summed E-state index contributed by atoms with van der Waals surface area (Å²) in [7, 11) is 0. The molecule has 1 saturated heterocycles. The van der Waals surface area contributed by atoms with Crippen molar-refractivity contribution in [2.75, 3.05) is 23.3 Å². The summed E-state index contributed by atoms with van der Waals surface area (Å²) in [6.07, 6.45) is 3.73. The van der Waals surface area contributed by atoms with Crippen LogP contribution in [0.5, 0.6) is 0 Å². The molecular formula is C17H16N4O2S. The number of carbonyl (C=O) groups is 1. The molecule has 1 aliphatic rings. The summed E-state index contributed by atoms with van der Waals surface area (Å²) in [5, 5.41) is 15.5. The lowest BCUT2D eigenvalue weighted by molar-refractivity contribution is -0.607. The number of thiazole rings is 1. The van der Waals surface area contributed by atoms with Crippen LogP contribution in [0.1, 0.15) is 23.3 Å². The zero-order valence-electron chi connectivity index (χ0n) is 12.9. The zero-order valence-corrected chi connectivity index (χ0v) is 13.8. The largest absolute Gasteiger partial charge is 0.618 e. The van der Waals surface area contributed by atoms with Crippen LogP contribution in [-0.2, 0) is 0 Å². The summed E-state index contributed by atoms with van der Waals surface area (Å²) in [5.74, 6) is -0.422. The second-order valence-electron chi connectivity index (χ2n) is 5.74. The molecule has 1 fully saturated rings. The minimum Gasteiger partial charge on any atom is -0.618 e. The van der Waals surface area contributed by atoms with Gasteiger partial charge in [0, 0.05) is 30.9 Å². The Morgan fingerprint density at radius 2 is 2.08 bits per heavy atom. The van der Waals surface area contributed by atoms with Crippen molar-refractivity contribution in [1.29, 1.82) is 0 Å². The number of pyridine rings is 1. The van der Waals surface area contributed by atoms with E-state index in [0.29, 0.717) is 10.4 Å². The van der Waals surface area contributed by atoms with Crippen LogP contribution >= 0.6 is 11.3 Å². The molecule has 0 bridgehead atoms. The normalized spacial score (nSPS) is 14.2. The first-order valence-electron chi connectivity index (χ1n) is 7.86. The number of carbonyl (C=O) groups excluding carboxylic acids is 1. The van der Waals surface area contributed by atoms with Gasteiger partial charge in [-0.25, -0.2) is 4.98 Å². The Morgan fingerprint density at radius 3 is 2.88 bits per heavy atom. The van der Waals surface area contributed by atoms with E-state index < -0.39 is 5.91 Å². The molecule has 7 heteroatoms. The molecule has 0 aliphatic carbocycles. The molecule has 122 valence electrons. The molecule has 4 rings (SSSR count). The van der Waals surface area contributed by atoms with Crippen molar-refractivity contribution in [1.82, 2.24) is 4.98 Å². The fourth-order valence-corrected chi connectivity index (χ4v) is 3.89. The van der Waals surface area contributed by atoms with Crippen LogP contribution in [0.25, 0.3) is 10.2 Å². The molecule has 0 atom stereocenters. The van der Waals surface area contributed by atoms with Crippen LogP contribution in [0.2, 0.25) is 0 Å². The standard InChI is InChI=1S/C17H16N4O2S/c22-16(14-5-1-2-10-21(14)23)18-12-6-7-13-15(11-12)24-17(19-13)20-8-3-4-9-20/h1-2,5-7,10-11H,3-4,8-9H2,(H,18,22). The first kappa shape index (κ1) is 14.9. The van der Waals surface area contributed by atoms with E-state index in [1.165, 1.54) is 25.1 Å². The van der Waals surface area contributed by atoms with Crippen LogP contribution < -0.4 is 14.9 Å². The maximum Gasteiger partial charge on any atom is 0.321 e. The van der Waals surface area contributed by atoms with Crippen molar-refractivity contribution < 1.29 is 9.52 Å². The molecule has 3 aromatic rings. The van der Waals surface area contributed by atoms with Crippen molar-refractivity contribution in [3.63, 3.8) is 0 Å². The molecule has 0 spiro atoms. The molecule has 6 nitrogen and oxygen atoms in total. The number of fused-ring (bicyclic) bond motifs is 1. The first-order valence-corrected chi connectivity index (χ1v) is 8.67. The number of nitrogens with zero attached hydrogens (tertiary/aromatic N) is 3. The maximum absolute atomic E-state index is 12.2. The van der Waals surface area contributed by atoms with E-state index >= 15 is 0 Å². The summed E-state index contributed by atoms with van der Waals surface area (Å²) < 4.78 is 1.59. The highest BCUT2D eigenvalue weighted by Crippen LogP contribution is 2.32. The molecule has 1 aromatic carbocycles. The van der Waals surface area contributed by atoms with E-state index in [4.69, 9.17) is 0 Å². The van der Waals surface area contributed by atoms with Gasteiger partial charge in [0.2, 0.25) is 0 Å². The number of amides is 1. The summed E-state index contributed by atoms with van der Waals surface area (Å²) in [5.41, 5.74) is 1.66. The Kier molecular flexibility index (Phi) is 3.78. The van der Waals surface area contributed by atoms with Gasteiger partial charge < -0.3 is 15.4 Å². The molecule has 2 aromatic heterocycles. The lowest BCUT2D eigenvalue weighted by Crippen LogP contribution is -2.36. The van der Waals surface area contributed by atoms with Crippen LogP contribution in [0, 0.1) is 5.21 Å². The average molecular weight is 340 g/mol. The van der Waals surface area contributed by atoms with E-state index in [9.17, 15) is 10.0 Å². The molecule has 1 aliphatic heterocycles. The van der Waals surface area contributed by atoms with Crippen molar-refractivity contribution in [2.45, 2.75) is 12.8 Å². The van der Waals surface area contributed by atoms with Gasteiger partial charge in [0.1, 0.15) is 0 Å². The predicted octanol–water partition coefficient (Wildman–Crippen LogP) is 2.78. The predicted molar refractivity (Wildman–Crippen MR) is 94.4 cm³/mol. The maximum atomic E-state index is 12.2. The van der Waals surface area contributed by atoms with Crippen molar-refractivity contribution in [3.05, 3.63) is 53.5 Å². The van der Waals surface area contributed by atoms with Gasteiger partial charge in [0.05, 0.1) is 10.2 Å². The minimum atomic E-state index is -0.422. The second kappa shape index (κ2) is 6.09. The number of anilines is 2. The monoisotopic (exact) mass is 340 g/mol. The number of nitrogens with one attached hydrogen (secondary N) is 1. The Balaban J connectivity index is 1.58. The highest BCUT2D eigenvalue weighted by Gasteiger charge is 2.18. The second-order valence-corrected chi connectivity index (χ2v) is 6.75. The van der Waals surface area contributed by atoms with E-state index in [0.717, 1.165) is 28.4 Å². The van der Waals surface area contributed by atoms with Gasteiger partial charge in [-0.2, -0.15) is 4.73 Å². The third-order valence-electron chi connectivity index (χ3n) is 4.07. The molecular weight excluding hydrogens is 324 g/mol. The van der Waals surface area contributed by atoms with Gasteiger partial charge in [-0.3, -0.25) is 4.79 Å². The number of benzene rings is 1. The molecule has 0 radical (unpaired) electrons. The van der Waals surface area contributed by atoms with E-state index in [1.807, 2.05) is 18.2 Å². The number of hydrogen-bond donors (Lipinski definition) is 1. The lowest BCUT2D eigenvalue weighted by atomic mass is 10.2. The van der Waals surface area contributed by atoms with E-state index in [2.05, 4.69) is 15.2 Å². The highest BCUT2D eigenvalue weighted by atomic mass is 32.1. The van der Waals surface area contributed by atoms with E-state index in [1.54, 1.807) is 23.5 Å². The molecule has 1 N–H and O–H groups in total. The first-order chi connectivity index (χ1) is 11.7. The van der Waals surface area contributed by atoms with Crippen molar-refractivity contribution in [2.24, 2.45) is 0 Å². The smallest absolute Gasteiger partial charge is 0.321 e. The van der Waals surface area contributed by atoms with Crippen LogP contribution in [-0.4, -0.2) is 24.0 Å². The summed E-state index contributed by atoms with van der Waals surface area (Å²) >= 11 is 1.63. The Bertz CT molecular complexity index is 902. The third-order valence-corrected chi connectivity index (χ3v) is 5.15. The van der Waals surface area contributed by atoms with Gasteiger partial charge in [-0.05, 0) is 37.1 Å². The fraction of sp³-hybridized carbons (Fsp3) is 0.235. The average Bonchev–Trinajstić information content (AvgIpc) is 3.24. The Morgan fingerprint density at radius 1 is 1.25 bits per heavy atom. The summed E-state index contributed by atoms with van der Waals surface area (Å²) in [6, 6.07) is 10.4. The van der Waals surface area contributed by atoms with Crippen LogP contribution in [0.4, 0.5) is 10.8 Å². The van der Waals surface area contributed by atoms with Crippen molar-refractivity contribution >= 4 is 38.3 Å². The van der Waals surface area contributed by atoms with Gasteiger partial charge in [0.15, 0.2) is 11.3 Å². The van der Waals surface area contributed by atoms with Crippen LogP contribution in [0.3, 0.4) is 0 Å². The minimum absolute atomic E-state index is 0.0691. The third kappa shape index (κ3) is 2.78. The van der Waals surface area contributed by atoms with Gasteiger partial charge in [0.25, 0.3) is 5.69 Å². The molecule has 3 heterocycles. The lowest BCUT2D eigenvalue weighted by Gasteiger charge is -2.11. The van der Waals surface area contributed by atoms with Gasteiger partial charge >= 0.3 is 5.91 Å². The number of aromatic nitrogens is 2. The van der Waals surface area contributed by atoms with E-state index in [-0.39, 0.29) is 5.69 Å². The fourth-order valence-electron chi connectivity index (χ4n) is 2.83. The molecule has 0 saturated carbocycles. The SMILES string of the molecule is O=C(Nc1ccc2nc(N3CCCC3)sc2c1)c1cccc[n+]1[O-]. The topological polar surface area (TPSA) is 72.2 Å². The zero-order chi connectivity index (χ0) is 16.5. The van der Waals surface area contributed by atoms with Crippen molar-refractivity contribution in [3.8, 4) is 0 Å².